The number of hydrogen-bond acceptors (Lipinski definition) is 0. The van der Waals surface area contributed by atoms with Crippen molar-refractivity contribution in [2.45, 2.75) is 83.2 Å². The molecule has 0 nitrogen and oxygen atoms in total. The van der Waals surface area contributed by atoms with Gasteiger partial charge < -0.3 is 0 Å². The molecule has 0 bridgehead atoms. The van der Waals surface area contributed by atoms with E-state index in [1.807, 2.05) is 0 Å². The fourth-order valence-electron chi connectivity index (χ4n) is 4.13. The molecule has 3 rings (SSSR count). The van der Waals surface area contributed by atoms with Crippen LogP contribution in [0.3, 0.4) is 0 Å². The van der Waals surface area contributed by atoms with Crippen molar-refractivity contribution in [1.29, 1.82) is 0 Å². The Hall–Kier alpha value is -1.63. The summed E-state index contributed by atoms with van der Waals surface area (Å²) in [5.41, 5.74) is 5.40. The standard InChI is InChI=1S/C25H33F/c1-2-3-4-5-6-7-20-8-10-21(11-9-20)22-12-14-23(15-13-22)24-16-18-25(26)19-17-24/h8-15,24-25H,2-7,16-19H2,1H3. The molecule has 0 aromatic heterocycles. The molecule has 0 saturated heterocycles. The van der Waals surface area contributed by atoms with Gasteiger partial charge in [0.25, 0.3) is 0 Å². The molecule has 0 unspecified atom stereocenters. The van der Waals surface area contributed by atoms with Gasteiger partial charge in [-0.2, -0.15) is 0 Å². The lowest BCUT2D eigenvalue weighted by atomic mass is 9.83. The summed E-state index contributed by atoms with van der Waals surface area (Å²) in [7, 11) is 0. The fourth-order valence-corrected chi connectivity index (χ4v) is 4.13. The van der Waals surface area contributed by atoms with Crippen LogP contribution in [0.4, 0.5) is 4.39 Å². The summed E-state index contributed by atoms with van der Waals surface area (Å²) in [6.45, 7) is 2.26. The Labute approximate surface area is 158 Å². The third-order valence-electron chi connectivity index (χ3n) is 5.90. The van der Waals surface area contributed by atoms with E-state index < -0.39 is 6.17 Å². The van der Waals surface area contributed by atoms with E-state index in [1.165, 1.54) is 60.8 Å². The Morgan fingerprint density at radius 2 is 1.31 bits per heavy atom. The first-order valence-corrected chi connectivity index (χ1v) is 10.6. The molecular formula is C25H33F. The monoisotopic (exact) mass is 352 g/mol. The maximum Gasteiger partial charge on any atom is 0.100 e. The molecule has 0 aliphatic heterocycles. The minimum absolute atomic E-state index is 0.547. The number of benzene rings is 2. The molecule has 1 aliphatic carbocycles. The van der Waals surface area contributed by atoms with Crippen molar-refractivity contribution in [2.75, 3.05) is 0 Å². The van der Waals surface area contributed by atoms with E-state index in [1.54, 1.807) is 0 Å². The van der Waals surface area contributed by atoms with Crippen LogP contribution in [-0.2, 0) is 6.42 Å². The van der Waals surface area contributed by atoms with Gasteiger partial charge in [-0.1, -0.05) is 81.1 Å². The highest BCUT2D eigenvalue weighted by Crippen LogP contribution is 2.34. The van der Waals surface area contributed by atoms with Gasteiger partial charge in [0.2, 0.25) is 0 Å². The van der Waals surface area contributed by atoms with Crippen LogP contribution in [0.25, 0.3) is 11.1 Å². The van der Waals surface area contributed by atoms with Crippen molar-refractivity contribution in [3.63, 3.8) is 0 Å². The molecule has 0 amide bonds. The van der Waals surface area contributed by atoms with Crippen LogP contribution in [-0.4, -0.2) is 6.17 Å². The molecule has 26 heavy (non-hydrogen) atoms. The second-order valence-electron chi connectivity index (χ2n) is 7.93. The zero-order chi connectivity index (χ0) is 18.2. The first-order chi connectivity index (χ1) is 12.8. The van der Waals surface area contributed by atoms with Crippen LogP contribution in [0.2, 0.25) is 0 Å². The maximum absolute atomic E-state index is 13.3. The van der Waals surface area contributed by atoms with Gasteiger partial charge in [-0.05, 0) is 66.7 Å². The highest BCUT2D eigenvalue weighted by molar-refractivity contribution is 5.64. The molecule has 2 aromatic carbocycles. The van der Waals surface area contributed by atoms with Gasteiger partial charge in [0.05, 0.1) is 0 Å². The molecule has 1 heteroatoms. The van der Waals surface area contributed by atoms with Gasteiger partial charge in [0, 0.05) is 0 Å². The average molecular weight is 353 g/mol. The lowest BCUT2D eigenvalue weighted by molar-refractivity contribution is 0.235. The van der Waals surface area contributed by atoms with E-state index in [4.69, 9.17) is 0 Å². The van der Waals surface area contributed by atoms with Crippen LogP contribution >= 0.6 is 0 Å². The first-order valence-electron chi connectivity index (χ1n) is 10.6. The Kier molecular flexibility index (Phi) is 7.29. The van der Waals surface area contributed by atoms with Crippen molar-refractivity contribution in [1.82, 2.24) is 0 Å². The molecule has 0 N–H and O–H groups in total. The summed E-state index contributed by atoms with van der Waals surface area (Å²) in [4.78, 5) is 0. The summed E-state index contributed by atoms with van der Waals surface area (Å²) in [5, 5.41) is 0. The van der Waals surface area contributed by atoms with E-state index in [0.29, 0.717) is 5.92 Å². The second kappa shape index (κ2) is 9.90. The third kappa shape index (κ3) is 5.43. The predicted molar refractivity (Wildman–Crippen MR) is 110 cm³/mol. The Bertz CT molecular complexity index is 633. The minimum atomic E-state index is -0.573. The fraction of sp³-hybridized carbons (Fsp3) is 0.520. The number of hydrogen-bond donors (Lipinski definition) is 0. The predicted octanol–water partition coefficient (Wildman–Crippen LogP) is 7.86. The first kappa shape index (κ1) is 19.1. The van der Waals surface area contributed by atoms with Gasteiger partial charge in [-0.25, -0.2) is 4.39 Å². The zero-order valence-corrected chi connectivity index (χ0v) is 16.2. The summed E-state index contributed by atoms with van der Waals surface area (Å²) < 4.78 is 13.3. The van der Waals surface area contributed by atoms with E-state index in [0.717, 1.165) is 25.7 Å². The number of halogens is 1. The summed E-state index contributed by atoms with van der Waals surface area (Å²) >= 11 is 0. The molecule has 140 valence electrons. The maximum atomic E-state index is 13.3. The molecule has 0 atom stereocenters. The van der Waals surface area contributed by atoms with Crippen LogP contribution < -0.4 is 0 Å². The Morgan fingerprint density at radius 1 is 0.731 bits per heavy atom. The molecule has 0 heterocycles. The number of rotatable bonds is 8. The van der Waals surface area contributed by atoms with Gasteiger partial charge in [-0.15, -0.1) is 0 Å². The summed E-state index contributed by atoms with van der Waals surface area (Å²) in [6.07, 6.45) is 10.8. The lowest BCUT2D eigenvalue weighted by Gasteiger charge is -2.24. The number of unbranched alkanes of at least 4 members (excludes halogenated alkanes) is 4. The number of alkyl halides is 1. The average Bonchev–Trinajstić information content (AvgIpc) is 2.69. The van der Waals surface area contributed by atoms with Gasteiger partial charge in [-0.3, -0.25) is 0 Å². The largest absolute Gasteiger partial charge is 0.247 e. The highest BCUT2D eigenvalue weighted by atomic mass is 19.1. The lowest BCUT2D eigenvalue weighted by Crippen LogP contribution is -2.13. The third-order valence-corrected chi connectivity index (χ3v) is 5.90. The molecular weight excluding hydrogens is 319 g/mol. The normalized spacial score (nSPS) is 20.2. The molecule has 2 aromatic rings. The van der Waals surface area contributed by atoms with Crippen LogP contribution in [0, 0.1) is 0 Å². The SMILES string of the molecule is CCCCCCCc1ccc(-c2ccc(C3CCC(F)CC3)cc2)cc1. The molecule has 0 spiro atoms. The van der Waals surface area contributed by atoms with Gasteiger partial charge in [0.1, 0.15) is 6.17 Å². The van der Waals surface area contributed by atoms with Gasteiger partial charge in [0.15, 0.2) is 0 Å². The van der Waals surface area contributed by atoms with Crippen LogP contribution in [0.1, 0.15) is 81.8 Å². The topological polar surface area (TPSA) is 0 Å². The summed E-state index contributed by atoms with van der Waals surface area (Å²) in [6, 6.07) is 18.0. The molecule has 1 saturated carbocycles. The van der Waals surface area contributed by atoms with Gasteiger partial charge >= 0.3 is 0 Å². The quantitative estimate of drug-likeness (QED) is 0.424. The van der Waals surface area contributed by atoms with Crippen molar-refractivity contribution in [3.8, 4) is 11.1 Å². The van der Waals surface area contributed by atoms with E-state index in [9.17, 15) is 4.39 Å². The van der Waals surface area contributed by atoms with E-state index in [-0.39, 0.29) is 0 Å². The Balaban J connectivity index is 1.54. The zero-order valence-electron chi connectivity index (χ0n) is 16.2. The number of aryl methyl sites for hydroxylation is 1. The highest BCUT2D eigenvalue weighted by Gasteiger charge is 2.21. The second-order valence-corrected chi connectivity index (χ2v) is 7.93. The van der Waals surface area contributed by atoms with Crippen LogP contribution in [0.5, 0.6) is 0 Å². The van der Waals surface area contributed by atoms with Crippen molar-refractivity contribution >= 4 is 0 Å². The van der Waals surface area contributed by atoms with Crippen molar-refractivity contribution in [2.24, 2.45) is 0 Å². The molecule has 0 radical (unpaired) electrons. The smallest absolute Gasteiger partial charge is 0.100 e. The van der Waals surface area contributed by atoms with Crippen LogP contribution in [0.15, 0.2) is 48.5 Å². The van der Waals surface area contributed by atoms with Crippen molar-refractivity contribution < 1.29 is 4.39 Å². The summed E-state index contributed by atoms with van der Waals surface area (Å²) in [5.74, 6) is 0.547. The minimum Gasteiger partial charge on any atom is -0.247 e. The van der Waals surface area contributed by atoms with Crippen molar-refractivity contribution in [3.05, 3.63) is 59.7 Å². The van der Waals surface area contributed by atoms with E-state index in [2.05, 4.69) is 55.5 Å². The molecule has 1 aliphatic rings. The Morgan fingerprint density at radius 3 is 1.92 bits per heavy atom. The van der Waals surface area contributed by atoms with E-state index >= 15 is 0 Å². The molecule has 1 fully saturated rings.